The molecule has 100 valence electrons. The van der Waals surface area contributed by atoms with E-state index in [9.17, 15) is 5.11 Å². The molecule has 2 rings (SSSR count). The Kier molecular flexibility index (Phi) is 4.30. The van der Waals surface area contributed by atoms with Crippen LogP contribution < -0.4 is 10.1 Å². The van der Waals surface area contributed by atoms with Gasteiger partial charge in [0.25, 0.3) is 0 Å². The Morgan fingerprint density at radius 3 is 2.78 bits per heavy atom. The minimum Gasteiger partial charge on any atom is -0.491 e. The van der Waals surface area contributed by atoms with Crippen LogP contribution in [0.1, 0.15) is 32.3 Å². The molecule has 0 amide bonds. The Hall–Kier alpha value is -0.580. The molecule has 1 aliphatic rings. The summed E-state index contributed by atoms with van der Waals surface area (Å²) >= 11 is 3.55. The Bertz CT molecular complexity index is 411. The second-order valence-corrected chi connectivity index (χ2v) is 6.36. The molecule has 3 nitrogen and oxygen atoms in total. The summed E-state index contributed by atoms with van der Waals surface area (Å²) in [5.74, 6) is 0.799. The number of rotatable bonds is 6. The largest absolute Gasteiger partial charge is 0.491 e. The van der Waals surface area contributed by atoms with Gasteiger partial charge in [-0.3, -0.25) is 0 Å². The van der Waals surface area contributed by atoms with E-state index in [1.807, 2.05) is 18.2 Å². The second-order valence-electron chi connectivity index (χ2n) is 5.51. The van der Waals surface area contributed by atoms with Crippen molar-refractivity contribution in [2.24, 2.45) is 0 Å². The van der Waals surface area contributed by atoms with E-state index in [1.54, 1.807) is 13.8 Å². The summed E-state index contributed by atoms with van der Waals surface area (Å²) in [6.07, 6.45) is 2.57. The molecule has 0 radical (unpaired) electrons. The molecule has 0 saturated heterocycles. The maximum absolute atomic E-state index is 9.64. The molecule has 0 bridgehead atoms. The molecular formula is C14H20BrNO2. The van der Waals surface area contributed by atoms with Gasteiger partial charge in [-0.25, -0.2) is 0 Å². The first-order valence-corrected chi connectivity index (χ1v) is 7.10. The molecule has 18 heavy (non-hydrogen) atoms. The van der Waals surface area contributed by atoms with Crippen molar-refractivity contribution >= 4 is 15.9 Å². The number of halogens is 1. The molecule has 2 N–H and O–H groups in total. The zero-order chi connectivity index (χ0) is 13.2. The normalized spacial score (nSPS) is 15.8. The van der Waals surface area contributed by atoms with Crippen molar-refractivity contribution in [3.05, 3.63) is 28.2 Å². The van der Waals surface area contributed by atoms with Crippen molar-refractivity contribution in [3.63, 3.8) is 0 Å². The highest BCUT2D eigenvalue weighted by molar-refractivity contribution is 9.10. The standard InChI is InChI=1S/C14H20BrNO2/c1-14(2,17)9-18-12-5-6-13(15)10(7-12)8-16-11-3-4-11/h5-7,11,16-17H,3-4,8-9H2,1-2H3. The van der Waals surface area contributed by atoms with Crippen molar-refractivity contribution in [2.45, 2.75) is 44.9 Å². The van der Waals surface area contributed by atoms with Crippen LogP contribution in [0.25, 0.3) is 0 Å². The number of hydrogen-bond acceptors (Lipinski definition) is 3. The monoisotopic (exact) mass is 313 g/mol. The molecule has 0 unspecified atom stereocenters. The fraction of sp³-hybridized carbons (Fsp3) is 0.571. The number of nitrogens with one attached hydrogen (secondary N) is 1. The minimum absolute atomic E-state index is 0.296. The summed E-state index contributed by atoms with van der Waals surface area (Å²) in [6.45, 7) is 4.62. The third kappa shape index (κ3) is 4.59. The third-order valence-corrected chi connectivity index (χ3v) is 3.54. The van der Waals surface area contributed by atoms with E-state index < -0.39 is 5.60 Å². The van der Waals surface area contributed by atoms with Crippen molar-refractivity contribution in [1.29, 1.82) is 0 Å². The van der Waals surface area contributed by atoms with Gasteiger partial charge in [-0.05, 0) is 50.5 Å². The van der Waals surface area contributed by atoms with Crippen LogP contribution in [0.5, 0.6) is 5.75 Å². The van der Waals surface area contributed by atoms with E-state index in [0.29, 0.717) is 12.6 Å². The summed E-state index contributed by atoms with van der Waals surface area (Å²) in [5, 5.41) is 13.1. The summed E-state index contributed by atoms with van der Waals surface area (Å²) in [6, 6.07) is 6.61. The van der Waals surface area contributed by atoms with Gasteiger partial charge in [-0.15, -0.1) is 0 Å². The quantitative estimate of drug-likeness (QED) is 0.848. The van der Waals surface area contributed by atoms with Gasteiger partial charge < -0.3 is 15.2 Å². The number of ether oxygens (including phenoxy) is 1. The zero-order valence-corrected chi connectivity index (χ0v) is 12.5. The zero-order valence-electron chi connectivity index (χ0n) is 10.9. The molecule has 1 aromatic carbocycles. The second kappa shape index (κ2) is 5.59. The minimum atomic E-state index is -0.806. The summed E-state index contributed by atoms with van der Waals surface area (Å²) in [4.78, 5) is 0. The lowest BCUT2D eigenvalue weighted by atomic mass is 10.1. The van der Waals surface area contributed by atoms with Crippen LogP contribution in [-0.4, -0.2) is 23.4 Å². The van der Waals surface area contributed by atoms with Gasteiger partial charge >= 0.3 is 0 Å². The molecule has 0 atom stereocenters. The number of hydrogen-bond donors (Lipinski definition) is 2. The number of benzene rings is 1. The molecule has 1 fully saturated rings. The highest BCUT2D eigenvalue weighted by Gasteiger charge is 2.20. The van der Waals surface area contributed by atoms with Gasteiger partial charge in [0.2, 0.25) is 0 Å². The summed E-state index contributed by atoms with van der Waals surface area (Å²) in [7, 11) is 0. The topological polar surface area (TPSA) is 41.5 Å². The van der Waals surface area contributed by atoms with Crippen LogP contribution in [0.2, 0.25) is 0 Å². The Labute approximate surface area is 117 Å². The maximum atomic E-state index is 9.64. The van der Waals surface area contributed by atoms with Crippen molar-refractivity contribution in [2.75, 3.05) is 6.61 Å². The predicted molar refractivity (Wildman–Crippen MR) is 75.8 cm³/mol. The van der Waals surface area contributed by atoms with Crippen LogP contribution in [0.3, 0.4) is 0 Å². The van der Waals surface area contributed by atoms with E-state index in [2.05, 4.69) is 21.2 Å². The van der Waals surface area contributed by atoms with E-state index in [0.717, 1.165) is 16.8 Å². The van der Waals surface area contributed by atoms with E-state index in [-0.39, 0.29) is 0 Å². The Morgan fingerprint density at radius 2 is 2.17 bits per heavy atom. The molecule has 0 aliphatic heterocycles. The summed E-state index contributed by atoms with van der Waals surface area (Å²) in [5.41, 5.74) is 0.384. The van der Waals surface area contributed by atoms with Crippen LogP contribution in [0, 0.1) is 0 Å². The van der Waals surface area contributed by atoms with Gasteiger partial charge in [0, 0.05) is 17.1 Å². The third-order valence-electron chi connectivity index (χ3n) is 2.77. The van der Waals surface area contributed by atoms with E-state index in [1.165, 1.54) is 18.4 Å². The molecule has 1 aliphatic carbocycles. The molecule has 1 aromatic rings. The fourth-order valence-electron chi connectivity index (χ4n) is 1.58. The van der Waals surface area contributed by atoms with Gasteiger partial charge in [-0.2, -0.15) is 0 Å². The fourth-order valence-corrected chi connectivity index (χ4v) is 1.96. The first-order chi connectivity index (χ1) is 8.44. The lowest BCUT2D eigenvalue weighted by molar-refractivity contribution is 0.0284. The Morgan fingerprint density at radius 1 is 1.44 bits per heavy atom. The van der Waals surface area contributed by atoms with Crippen molar-refractivity contribution < 1.29 is 9.84 Å². The van der Waals surface area contributed by atoms with Crippen LogP contribution in [0.15, 0.2) is 22.7 Å². The SMILES string of the molecule is CC(C)(O)COc1ccc(Br)c(CNC2CC2)c1. The van der Waals surface area contributed by atoms with Crippen LogP contribution in [-0.2, 0) is 6.54 Å². The molecule has 0 heterocycles. The molecule has 1 saturated carbocycles. The molecule has 0 aromatic heterocycles. The molecular weight excluding hydrogens is 294 g/mol. The highest BCUT2D eigenvalue weighted by atomic mass is 79.9. The van der Waals surface area contributed by atoms with Crippen molar-refractivity contribution in [3.8, 4) is 5.75 Å². The van der Waals surface area contributed by atoms with Gasteiger partial charge in [0.1, 0.15) is 12.4 Å². The van der Waals surface area contributed by atoms with Crippen LogP contribution >= 0.6 is 15.9 Å². The lowest BCUT2D eigenvalue weighted by Crippen LogP contribution is -2.27. The Balaban J connectivity index is 1.95. The van der Waals surface area contributed by atoms with Gasteiger partial charge in [0.05, 0.1) is 5.60 Å². The number of aliphatic hydroxyl groups is 1. The smallest absolute Gasteiger partial charge is 0.119 e. The highest BCUT2D eigenvalue weighted by Crippen LogP contribution is 2.25. The average Bonchev–Trinajstić information content (AvgIpc) is 3.09. The predicted octanol–water partition coefficient (Wildman–Crippen LogP) is 2.85. The molecule has 4 heteroatoms. The first-order valence-electron chi connectivity index (χ1n) is 6.31. The van der Waals surface area contributed by atoms with E-state index in [4.69, 9.17) is 4.74 Å². The average molecular weight is 314 g/mol. The van der Waals surface area contributed by atoms with Gasteiger partial charge in [-0.1, -0.05) is 15.9 Å². The molecule has 0 spiro atoms. The maximum Gasteiger partial charge on any atom is 0.119 e. The summed E-state index contributed by atoms with van der Waals surface area (Å²) < 4.78 is 6.68. The van der Waals surface area contributed by atoms with Crippen LogP contribution in [0.4, 0.5) is 0 Å². The van der Waals surface area contributed by atoms with Crippen molar-refractivity contribution in [1.82, 2.24) is 5.32 Å². The van der Waals surface area contributed by atoms with E-state index >= 15 is 0 Å². The van der Waals surface area contributed by atoms with Gasteiger partial charge in [0.15, 0.2) is 0 Å². The lowest BCUT2D eigenvalue weighted by Gasteiger charge is -2.18. The first kappa shape index (κ1) is 13.8.